The minimum absolute atomic E-state index is 0.0675. The van der Waals surface area contributed by atoms with Crippen LogP contribution in [0.15, 0.2) is 72.8 Å². The van der Waals surface area contributed by atoms with E-state index in [9.17, 15) is 14.0 Å². The van der Waals surface area contributed by atoms with Crippen molar-refractivity contribution in [2.45, 2.75) is 6.92 Å². The third-order valence-electron chi connectivity index (χ3n) is 4.15. The van der Waals surface area contributed by atoms with Crippen LogP contribution in [0.1, 0.15) is 17.3 Å². The van der Waals surface area contributed by atoms with Crippen LogP contribution in [0.4, 0.5) is 21.5 Å². The lowest BCUT2D eigenvalue weighted by Gasteiger charge is -2.13. The highest BCUT2D eigenvalue weighted by Crippen LogP contribution is 2.23. The first kappa shape index (κ1) is 20.9. The van der Waals surface area contributed by atoms with Crippen LogP contribution in [-0.2, 0) is 4.79 Å². The van der Waals surface area contributed by atoms with E-state index in [-0.39, 0.29) is 24.2 Å². The van der Waals surface area contributed by atoms with Crippen LogP contribution in [0.3, 0.4) is 0 Å². The number of halogens is 1. The van der Waals surface area contributed by atoms with Crippen molar-refractivity contribution in [2.75, 3.05) is 23.8 Å². The SMILES string of the molecule is CCNC(=O)COc1ccc(NC(=O)c2ccccc2Nc2ccc(F)cc2)cc1. The summed E-state index contributed by atoms with van der Waals surface area (Å²) in [6, 6.07) is 19.7. The second-order valence-corrected chi connectivity index (χ2v) is 6.40. The molecule has 3 rings (SSSR count). The van der Waals surface area contributed by atoms with Crippen LogP contribution in [0.25, 0.3) is 0 Å². The number of para-hydroxylation sites is 1. The van der Waals surface area contributed by atoms with Crippen LogP contribution < -0.4 is 20.7 Å². The maximum atomic E-state index is 13.1. The summed E-state index contributed by atoms with van der Waals surface area (Å²) in [5.41, 5.74) is 2.30. The van der Waals surface area contributed by atoms with Gasteiger partial charge in [-0.05, 0) is 67.6 Å². The molecule has 2 amide bonds. The number of rotatable bonds is 8. The Hall–Kier alpha value is -3.87. The van der Waals surface area contributed by atoms with Gasteiger partial charge >= 0.3 is 0 Å². The third kappa shape index (κ3) is 5.81. The Morgan fingerprint density at radius 1 is 0.900 bits per heavy atom. The van der Waals surface area contributed by atoms with Crippen LogP contribution >= 0.6 is 0 Å². The zero-order chi connectivity index (χ0) is 21.3. The maximum absolute atomic E-state index is 13.1. The number of amides is 2. The third-order valence-corrected chi connectivity index (χ3v) is 4.15. The molecule has 3 N–H and O–H groups in total. The maximum Gasteiger partial charge on any atom is 0.257 e. The lowest BCUT2D eigenvalue weighted by Crippen LogP contribution is -2.28. The molecule has 154 valence electrons. The van der Waals surface area contributed by atoms with Crippen LogP contribution in [-0.4, -0.2) is 25.0 Å². The van der Waals surface area contributed by atoms with Crippen molar-refractivity contribution in [3.63, 3.8) is 0 Å². The smallest absolute Gasteiger partial charge is 0.257 e. The molecule has 0 unspecified atom stereocenters. The predicted octanol–water partition coefficient (Wildman–Crippen LogP) is 4.34. The van der Waals surface area contributed by atoms with Crippen molar-refractivity contribution < 1.29 is 18.7 Å². The number of nitrogens with one attached hydrogen (secondary N) is 3. The number of carbonyl (C=O) groups excluding carboxylic acids is 2. The lowest BCUT2D eigenvalue weighted by molar-refractivity contribution is -0.122. The van der Waals surface area contributed by atoms with E-state index in [1.165, 1.54) is 12.1 Å². The molecule has 30 heavy (non-hydrogen) atoms. The van der Waals surface area contributed by atoms with Gasteiger partial charge in [0.15, 0.2) is 6.61 Å². The zero-order valence-corrected chi connectivity index (χ0v) is 16.4. The summed E-state index contributed by atoms with van der Waals surface area (Å²) in [5, 5.41) is 8.61. The van der Waals surface area contributed by atoms with E-state index < -0.39 is 0 Å². The number of anilines is 3. The summed E-state index contributed by atoms with van der Waals surface area (Å²) in [5.74, 6) is -0.293. The topological polar surface area (TPSA) is 79.5 Å². The van der Waals surface area contributed by atoms with E-state index in [4.69, 9.17) is 4.74 Å². The number of likely N-dealkylation sites (N-methyl/N-ethyl adjacent to an activating group) is 1. The summed E-state index contributed by atoms with van der Waals surface area (Å²) in [7, 11) is 0. The van der Waals surface area contributed by atoms with Gasteiger partial charge in [0.05, 0.1) is 11.3 Å². The number of benzene rings is 3. The van der Waals surface area contributed by atoms with Crippen molar-refractivity contribution in [2.24, 2.45) is 0 Å². The molecular weight excluding hydrogens is 385 g/mol. The Morgan fingerprint density at radius 3 is 2.27 bits per heavy atom. The summed E-state index contributed by atoms with van der Waals surface area (Å²) in [6.07, 6.45) is 0. The van der Waals surface area contributed by atoms with Crippen molar-refractivity contribution in [3.05, 3.63) is 84.2 Å². The van der Waals surface area contributed by atoms with Crippen molar-refractivity contribution in [3.8, 4) is 5.75 Å². The summed E-state index contributed by atoms with van der Waals surface area (Å²) < 4.78 is 18.5. The zero-order valence-electron chi connectivity index (χ0n) is 16.4. The van der Waals surface area contributed by atoms with Gasteiger partial charge < -0.3 is 20.7 Å². The van der Waals surface area contributed by atoms with Crippen LogP contribution in [0.2, 0.25) is 0 Å². The number of hydrogen-bond acceptors (Lipinski definition) is 4. The molecule has 0 spiro atoms. The molecule has 3 aromatic rings. The van der Waals surface area contributed by atoms with Gasteiger partial charge in [0.2, 0.25) is 0 Å². The molecule has 0 bridgehead atoms. The van der Waals surface area contributed by atoms with Crippen molar-refractivity contribution in [1.82, 2.24) is 5.32 Å². The summed E-state index contributed by atoms with van der Waals surface area (Å²) >= 11 is 0. The second-order valence-electron chi connectivity index (χ2n) is 6.40. The van der Waals surface area contributed by atoms with Gasteiger partial charge in [-0.15, -0.1) is 0 Å². The Bertz CT molecular complexity index is 1000. The van der Waals surface area contributed by atoms with Gasteiger partial charge in [0.25, 0.3) is 11.8 Å². The minimum atomic E-state index is -0.329. The molecule has 0 heterocycles. The van der Waals surface area contributed by atoms with Gasteiger partial charge in [0.1, 0.15) is 11.6 Å². The summed E-state index contributed by atoms with van der Waals surface area (Å²) in [6.45, 7) is 2.31. The van der Waals surface area contributed by atoms with Gasteiger partial charge in [-0.1, -0.05) is 12.1 Å². The molecule has 0 aromatic heterocycles. The molecule has 0 aliphatic rings. The molecule has 0 aliphatic heterocycles. The number of ether oxygens (including phenoxy) is 1. The molecule has 0 saturated carbocycles. The highest BCUT2D eigenvalue weighted by molar-refractivity contribution is 6.08. The van der Waals surface area contributed by atoms with E-state index in [1.54, 1.807) is 54.6 Å². The molecule has 0 fully saturated rings. The van der Waals surface area contributed by atoms with Gasteiger partial charge in [0, 0.05) is 17.9 Å². The molecule has 0 saturated heterocycles. The van der Waals surface area contributed by atoms with Gasteiger partial charge in [-0.3, -0.25) is 9.59 Å². The first-order valence-electron chi connectivity index (χ1n) is 9.47. The standard InChI is InChI=1S/C23H22FN3O3/c1-2-25-22(28)15-30-19-13-11-18(12-14-19)27-23(29)20-5-3-4-6-21(20)26-17-9-7-16(24)8-10-17/h3-14,26H,2,15H2,1H3,(H,25,28)(H,27,29). The quantitative estimate of drug-likeness (QED) is 0.519. The molecule has 0 atom stereocenters. The van der Waals surface area contributed by atoms with Crippen LogP contribution in [0.5, 0.6) is 5.75 Å². The fourth-order valence-electron chi connectivity index (χ4n) is 2.71. The van der Waals surface area contributed by atoms with Crippen molar-refractivity contribution >= 4 is 28.9 Å². The fourth-order valence-corrected chi connectivity index (χ4v) is 2.71. The Labute approximate surface area is 174 Å². The minimum Gasteiger partial charge on any atom is -0.484 e. The normalized spacial score (nSPS) is 10.2. The molecular formula is C23H22FN3O3. The molecule has 7 heteroatoms. The summed E-state index contributed by atoms with van der Waals surface area (Å²) in [4.78, 5) is 24.2. The average molecular weight is 407 g/mol. The predicted molar refractivity (Wildman–Crippen MR) is 115 cm³/mol. The van der Waals surface area contributed by atoms with E-state index in [1.807, 2.05) is 13.0 Å². The van der Waals surface area contributed by atoms with Gasteiger partial charge in [-0.2, -0.15) is 0 Å². The monoisotopic (exact) mass is 407 g/mol. The first-order chi connectivity index (χ1) is 14.5. The first-order valence-corrected chi connectivity index (χ1v) is 9.47. The largest absolute Gasteiger partial charge is 0.484 e. The second kappa shape index (κ2) is 10.1. The van der Waals surface area contributed by atoms with E-state index >= 15 is 0 Å². The fraction of sp³-hybridized carbons (Fsp3) is 0.130. The lowest BCUT2D eigenvalue weighted by atomic mass is 10.1. The van der Waals surface area contributed by atoms with E-state index in [2.05, 4.69) is 16.0 Å². The molecule has 3 aromatic carbocycles. The van der Waals surface area contributed by atoms with E-state index in [0.717, 1.165) is 0 Å². The highest BCUT2D eigenvalue weighted by atomic mass is 19.1. The van der Waals surface area contributed by atoms with Crippen molar-refractivity contribution in [1.29, 1.82) is 0 Å². The van der Waals surface area contributed by atoms with Gasteiger partial charge in [-0.25, -0.2) is 4.39 Å². The molecule has 0 radical (unpaired) electrons. The molecule has 0 aliphatic carbocycles. The molecule has 6 nitrogen and oxygen atoms in total. The number of carbonyl (C=O) groups is 2. The number of hydrogen-bond donors (Lipinski definition) is 3. The highest BCUT2D eigenvalue weighted by Gasteiger charge is 2.12. The Balaban J connectivity index is 1.64. The van der Waals surface area contributed by atoms with Crippen LogP contribution in [0, 0.1) is 5.82 Å². The average Bonchev–Trinajstić information content (AvgIpc) is 2.75. The van der Waals surface area contributed by atoms with E-state index in [0.29, 0.717) is 34.9 Å². The Morgan fingerprint density at radius 2 is 1.57 bits per heavy atom. The Kier molecular flexibility index (Phi) is 7.00.